The normalized spacial score (nSPS) is 14.9. The molecule has 0 N–H and O–H groups in total. The zero-order chi connectivity index (χ0) is 19.1. The zero-order valence-electron chi connectivity index (χ0n) is 15.0. The highest BCUT2D eigenvalue weighted by Crippen LogP contribution is 2.31. The molecule has 0 spiro atoms. The number of thiazole rings is 1. The van der Waals surface area contributed by atoms with E-state index in [0.717, 1.165) is 44.5 Å². The maximum atomic E-state index is 12.7. The third-order valence-electron chi connectivity index (χ3n) is 4.95. The molecule has 0 bridgehead atoms. The van der Waals surface area contributed by atoms with Crippen molar-refractivity contribution in [2.45, 2.75) is 6.54 Å². The molecule has 0 radical (unpaired) electrons. The number of para-hydroxylation sites is 1. The molecule has 0 aliphatic carbocycles. The number of nitrogens with zero attached hydrogens (tertiary/aromatic N) is 6. The number of amides is 1. The predicted molar refractivity (Wildman–Crippen MR) is 111 cm³/mol. The monoisotopic (exact) mass is 412 g/mol. The lowest BCUT2D eigenvalue weighted by atomic mass is 10.3. The number of carbonyl (C=O) groups is 1. The van der Waals surface area contributed by atoms with Crippen molar-refractivity contribution in [3.05, 3.63) is 47.5 Å². The summed E-state index contributed by atoms with van der Waals surface area (Å²) in [5.41, 5.74) is 2.64. The molecule has 1 aliphatic rings. The van der Waals surface area contributed by atoms with Gasteiger partial charge in [0, 0.05) is 31.2 Å². The average molecular weight is 413 g/mol. The number of anilines is 1. The molecule has 9 heteroatoms. The molecule has 1 amide bonds. The molecule has 2 aromatic heterocycles. The van der Waals surface area contributed by atoms with Gasteiger partial charge in [-0.2, -0.15) is 0 Å². The van der Waals surface area contributed by atoms with Crippen molar-refractivity contribution in [2.75, 3.05) is 31.1 Å². The van der Waals surface area contributed by atoms with Gasteiger partial charge in [-0.05, 0) is 30.3 Å². The summed E-state index contributed by atoms with van der Waals surface area (Å²) >= 11 is 7.71. The van der Waals surface area contributed by atoms with Gasteiger partial charge < -0.3 is 9.80 Å². The topological polar surface area (TPSA) is 67.2 Å². The number of benzene rings is 2. The van der Waals surface area contributed by atoms with Gasteiger partial charge in [0.15, 0.2) is 5.13 Å². The smallest absolute Gasteiger partial charge is 0.244 e. The van der Waals surface area contributed by atoms with Crippen molar-refractivity contribution in [2.24, 2.45) is 0 Å². The fraction of sp³-hybridized carbons (Fsp3) is 0.263. The van der Waals surface area contributed by atoms with Crippen LogP contribution in [0.15, 0.2) is 42.5 Å². The van der Waals surface area contributed by atoms with Crippen LogP contribution in [0.3, 0.4) is 0 Å². The number of carbonyl (C=O) groups excluding carboxylic acids is 1. The SMILES string of the molecule is O=C(Cn1nnc2ccccc21)N1CCN(c2nc3ccc(Cl)cc3s2)CC1. The molecule has 5 rings (SSSR count). The molecule has 0 atom stereocenters. The lowest BCUT2D eigenvalue weighted by molar-refractivity contribution is -0.132. The Morgan fingerprint density at radius 3 is 2.75 bits per heavy atom. The quantitative estimate of drug-likeness (QED) is 0.517. The van der Waals surface area contributed by atoms with Crippen LogP contribution in [-0.2, 0) is 11.3 Å². The van der Waals surface area contributed by atoms with Crippen molar-refractivity contribution < 1.29 is 4.79 Å². The van der Waals surface area contributed by atoms with Gasteiger partial charge >= 0.3 is 0 Å². The lowest BCUT2D eigenvalue weighted by Crippen LogP contribution is -2.49. The van der Waals surface area contributed by atoms with Crippen LogP contribution in [0.4, 0.5) is 5.13 Å². The standard InChI is InChI=1S/C19H17ClN6OS/c20-13-5-6-15-17(11-13)28-19(21-15)25-9-7-24(8-10-25)18(27)12-26-16-4-2-1-3-14(16)22-23-26/h1-6,11H,7-10,12H2. The van der Waals surface area contributed by atoms with E-state index in [1.165, 1.54) is 0 Å². The van der Waals surface area contributed by atoms with Crippen LogP contribution in [0.25, 0.3) is 21.3 Å². The molecule has 1 aliphatic heterocycles. The molecular formula is C19H17ClN6OS. The number of aromatic nitrogens is 4. The minimum atomic E-state index is 0.0615. The second-order valence-corrected chi connectivity index (χ2v) is 8.16. The molecule has 2 aromatic carbocycles. The van der Waals surface area contributed by atoms with Crippen LogP contribution < -0.4 is 4.90 Å². The van der Waals surface area contributed by atoms with E-state index in [0.29, 0.717) is 13.1 Å². The van der Waals surface area contributed by atoms with Gasteiger partial charge in [-0.25, -0.2) is 9.67 Å². The van der Waals surface area contributed by atoms with Crippen LogP contribution in [0, 0.1) is 0 Å². The van der Waals surface area contributed by atoms with Crippen molar-refractivity contribution in [3.63, 3.8) is 0 Å². The average Bonchev–Trinajstić information content (AvgIpc) is 3.32. The van der Waals surface area contributed by atoms with E-state index in [1.54, 1.807) is 16.0 Å². The minimum absolute atomic E-state index is 0.0615. The van der Waals surface area contributed by atoms with Crippen LogP contribution in [0.2, 0.25) is 5.02 Å². The summed E-state index contributed by atoms with van der Waals surface area (Å²) in [6, 6.07) is 13.4. The Hall–Kier alpha value is -2.71. The molecule has 0 unspecified atom stereocenters. The van der Waals surface area contributed by atoms with Crippen LogP contribution in [0.5, 0.6) is 0 Å². The van der Waals surface area contributed by atoms with Crippen LogP contribution in [0.1, 0.15) is 0 Å². The second kappa shape index (κ2) is 7.03. The molecule has 7 nitrogen and oxygen atoms in total. The molecule has 28 heavy (non-hydrogen) atoms. The molecule has 1 fully saturated rings. The van der Waals surface area contributed by atoms with Crippen LogP contribution >= 0.6 is 22.9 Å². The number of halogens is 1. The Labute approximate surface area is 170 Å². The number of rotatable bonds is 3. The first-order chi connectivity index (χ1) is 13.7. The predicted octanol–water partition coefficient (Wildman–Crippen LogP) is 3.04. The summed E-state index contributed by atoms with van der Waals surface area (Å²) < 4.78 is 2.75. The van der Waals surface area contributed by atoms with E-state index in [4.69, 9.17) is 16.6 Å². The third kappa shape index (κ3) is 3.18. The Morgan fingerprint density at radius 2 is 1.89 bits per heavy atom. The van der Waals surface area contributed by atoms with E-state index < -0.39 is 0 Å². The summed E-state index contributed by atoms with van der Waals surface area (Å²) in [6.45, 7) is 3.07. The summed E-state index contributed by atoms with van der Waals surface area (Å²) in [5.74, 6) is 0.0615. The van der Waals surface area contributed by atoms with Gasteiger partial charge in [-0.3, -0.25) is 4.79 Å². The van der Waals surface area contributed by atoms with Gasteiger partial charge in [0.25, 0.3) is 0 Å². The number of fused-ring (bicyclic) bond motifs is 2. The van der Waals surface area contributed by atoms with Gasteiger partial charge in [-0.15, -0.1) is 5.10 Å². The van der Waals surface area contributed by atoms with E-state index in [2.05, 4.69) is 15.2 Å². The van der Waals surface area contributed by atoms with E-state index in [9.17, 15) is 4.79 Å². The van der Waals surface area contributed by atoms with Crippen molar-refractivity contribution in [3.8, 4) is 0 Å². The number of hydrogen-bond acceptors (Lipinski definition) is 6. The first-order valence-electron chi connectivity index (χ1n) is 9.04. The first kappa shape index (κ1) is 17.4. The van der Waals surface area contributed by atoms with Gasteiger partial charge in [0.2, 0.25) is 5.91 Å². The molecule has 4 aromatic rings. The van der Waals surface area contributed by atoms with E-state index in [1.807, 2.05) is 47.4 Å². The third-order valence-corrected chi connectivity index (χ3v) is 6.26. The number of piperazine rings is 1. The minimum Gasteiger partial charge on any atom is -0.345 e. The Balaban J connectivity index is 1.25. The maximum Gasteiger partial charge on any atom is 0.244 e. The fourth-order valence-electron chi connectivity index (χ4n) is 3.43. The Kier molecular flexibility index (Phi) is 4.37. The maximum absolute atomic E-state index is 12.7. The number of hydrogen-bond donors (Lipinski definition) is 0. The van der Waals surface area contributed by atoms with Gasteiger partial charge in [-0.1, -0.05) is 40.3 Å². The molecular weight excluding hydrogens is 396 g/mol. The second-order valence-electron chi connectivity index (χ2n) is 6.71. The Bertz CT molecular complexity index is 1160. The van der Waals surface area contributed by atoms with Crippen molar-refractivity contribution in [1.82, 2.24) is 24.9 Å². The van der Waals surface area contributed by atoms with E-state index >= 15 is 0 Å². The summed E-state index contributed by atoms with van der Waals surface area (Å²) in [4.78, 5) is 21.5. The summed E-state index contributed by atoms with van der Waals surface area (Å²) in [6.07, 6.45) is 0. The summed E-state index contributed by atoms with van der Waals surface area (Å²) in [7, 11) is 0. The highest BCUT2D eigenvalue weighted by Gasteiger charge is 2.24. The first-order valence-corrected chi connectivity index (χ1v) is 10.2. The molecule has 1 saturated heterocycles. The van der Waals surface area contributed by atoms with Crippen molar-refractivity contribution in [1.29, 1.82) is 0 Å². The van der Waals surface area contributed by atoms with Gasteiger partial charge in [0.1, 0.15) is 12.1 Å². The largest absolute Gasteiger partial charge is 0.345 e. The molecule has 3 heterocycles. The zero-order valence-corrected chi connectivity index (χ0v) is 16.5. The molecule has 0 saturated carbocycles. The summed E-state index contributed by atoms with van der Waals surface area (Å²) in [5, 5.41) is 9.93. The highest BCUT2D eigenvalue weighted by atomic mass is 35.5. The van der Waals surface area contributed by atoms with Crippen molar-refractivity contribution >= 4 is 55.2 Å². The highest BCUT2D eigenvalue weighted by molar-refractivity contribution is 7.22. The lowest BCUT2D eigenvalue weighted by Gasteiger charge is -2.34. The van der Waals surface area contributed by atoms with Crippen LogP contribution in [-0.4, -0.2) is 57.0 Å². The van der Waals surface area contributed by atoms with E-state index in [-0.39, 0.29) is 12.5 Å². The Morgan fingerprint density at radius 1 is 1.07 bits per heavy atom. The fourth-order valence-corrected chi connectivity index (χ4v) is 4.72. The van der Waals surface area contributed by atoms with Gasteiger partial charge in [0.05, 0.1) is 15.7 Å². The molecule has 142 valence electrons.